The fraction of sp³-hybridized carbons (Fsp3) is 0.455. The quantitative estimate of drug-likeness (QED) is 0.635. The molecule has 0 aliphatic rings. The zero-order chi connectivity index (χ0) is 12.0. The van der Waals surface area contributed by atoms with Crippen LogP contribution in [-0.4, -0.2) is 25.1 Å². The third-order valence-corrected chi connectivity index (χ3v) is 2.46. The van der Waals surface area contributed by atoms with Gasteiger partial charge in [-0.2, -0.15) is 0 Å². The average Bonchev–Trinajstić information content (AvgIpc) is 2.22. The van der Waals surface area contributed by atoms with Crippen molar-refractivity contribution in [3.63, 3.8) is 0 Å². The summed E-state index contributed by atoms with van der Waals surface area (Å²) in [7, 11) is 0. The summed E-state index contributed by atoms with van der Waals surface area (Å²) in [5.74, 6) is 0.522. The molecule has 16 heavy (non-hydrogen) atoms. The van der Waals surface area contributed by atoms with Crippen molar-refractivity contribution in [2.45, 2.75) is 13.3 Å². The molecule has 0 heterocycles. The van der Waals surface area contributed by atoms with Crippen LogP contribution in [0.2, 0.25) is 10.0 Å². The third kappa shape index (κ3) is 3.83. The molecule has 3 nitrogen and oxygen atoms in total. The zero-order valence-corrected chi connectivity index (χ0v) is 10.5. The summed E-state index contributed by atoms with van der Waals surface area (Å²) >= 11 is 11.9. The Bertz CT molecular complexity index is 342. The second-order valence-electron chi connectivity index (χ2n) is 3.10. The summed E-state index contributed by atoms with van der Waals surface area (Å²) < 4.78 is 10.5. The smallest absolute Gasteiger partial charge is 0.189 e. The highest BCUT2D eigenvalue weighted by Crippen LogP contribution is 2.32. The van der Waals surface area contributed by atoms with Crippen LogP contribution >= 0.6 is 23.2 Å². The third-order valence-electron chi connectivity index (χ3n) is 1.96. The van der Waals surface area contributed by atoms with Gasteiger partial charge in [0, 0.05) is 18.2 Å². The summed E-state index contributed by atoms with van der Waals surface area (Å²) in [6.07, 6.45) is 0.446. The van der Waals surface area contributed by atoms with Crippen molar-refractivity contribution in [2.75, 3.05) is 20.0 Å². The Morgan fingerprint density at radius 1 is 1.31 bits per heavy atom. The van der Waals surface area contributed by atoms with Crippen molar-refractivity contribution in [2.24, 2.45) is 0 Å². The molecule has 1 aromatic rings. The molecule has 1 N–H and O–H groups in total. The number of hydrogen-bond acceptors (Lipinski definition) is 3. The molecule has 0 amide bonds. The van der Waals surface area contributed by atoms with E-state index in [9.17, 15) is 0 Å². The van der Waals surface area contributed by atoms with Gasteiger partial charge in [0.2, 0.25) is 0 Å². The van der Waals surface area contributed by atoms with Crippen LogP contribution in [0.4, 0.5) is 0 Å². The number of aliphatic hydroxyl groups is 1. The topological polar surface area (TPSA) is 38.7 Å². The standard InChI is InChI=1S/C11H14Cl2O3/c1-2-15-7-16-11-8(3-4-14)5-9(12)6-10(11)13/h5-6,14H,2-4,7H2,1H3. The molecule has 0 radical (unpaired) electrons. The van der Waals surface area contributed by atoms with Crippen molar-refractivity contribution >= 4 is 23.2 Å². The van der Waals surface area contributed by atoms with Crippen LogP contribution in [0.3, 0.4) is 0 Å². The fourth-order valence-electron chi connectivity index (χ4n) is 1.27. The maximum absolute atomic E-state index is 8.92. The molecule has 5 heteroatoms. The Morgan fingerprint density at radius 2 is 2.06 bits per heavy atom. The highest BCUT2D eigenvalue weighted by atomic mass is 35.5. The fourth-order valence-corrected chi connectivity index (χ4v) is 1.86. The molecule has 0 atom stereocenters. The van der Waals surface area contributed by atoms with Gasteiger partial charge in [0.15, 0.2) is 6.79 Å². The van der Waals surface area contributed by atoms with E-state index >= 15 is 0 Å². The largest absolute Gasteiger partial charge is 0.466 e. The molecule has 0 aromatic heterocycles. The van der Waals surface area contributed by atoms with E-state index in [-0.39, 0.29) is 13.4 Å². The molecular formula is C11H14Cl2O3. The average molecular weight is 265 g/mol. The second-order valence-corrected chi connectivity index (χ2v) is 3.95. The highest BCUT2D eigenvalue weighted by molar-refractivity contribution is 6.35. The summed E-state index contributed by atoms with van der Waals surface area (Å²) in [4.78, 5) is 0. The predicted octanol–water partition coefficient (Wildman–Crippen LogP) is 2.90. The highest BCUT2D eigenvalue weighted by Gasteiger charge is 2.10. The summed E-state index contributed by atoms with van der Waals surface area (Å²) in [5.41, 5.74) is 0.778. The van der Waals surface area contributed by atoms with Crippen LogP contribution in [0.15, 0.2) is 12.1 Å². The summed E-state index contributed by atoms with van der Waals surface area (Å²) in [5, 5.41) is 9.88. The predicted molar refractivity (Wildman–Crippen MR) is 64.4 cm³/mol. The van der Waals surface area contributed by atoms with Gasteiger partial charge in [-0.05, 0) is 31.0 Å². The maximum Gasteiger partial charge on any atom is 0.189 e. The van der Waals surface area contributed by atoms with Gasteiger partial charge in [-0.15, -0.1) is 0 Å². The normalized spacial score (nSPS) is 10.5. The number of hydrogen-bond donors (Lipinski definition) is 1. The van der Waals surface area contributed by atoms with Crippen molar-refractivity contribution in [1.29, 1.82) is 0 Å². The number of benzene rings is 1. The van der Waals surface area contributed by atoms with Gasteiger partial charge in [-0.3, -0.25) is 0 Å². The molecule has 0 saturated heterocycles. The maximum atomic E-state index is 8.92. The van der Waals surface area contributed by atoms with Gasteiger partial charge in [-0.1, -0.05) is 23.2 Å². The molecule has 1 rings (SSSR count). The number of ether oxygens (including phenoxy) is 2. The number of aliphatic hydroxyl groups excluding tert-OH is 1. The van der Waals surface area contributed by atoms with Crippen LogP contribution in [0, 0.1) is 0 Å². The monoisotopic (exact) mass is 264 g/mol. The van der Waals surface area contributed by atoms with E-state index < -0.39 is 0 Å². The summed E-state index contributed by atoms with van der Waals surface area (Å²) in [6.45, 7) is 2.60. The van der Waals surface area contributed by atoms with Crippen molar-refractivity contribution < 1.29 is 14.6 Å². The minimum atomic E-state index is 0.0155. The lowest BCUT2D eigenvalue weighted by molar-refractivity contribution is 0.0218. The zero-order valence-electron chi connectivity index (χ0n) is 9.00. The molecule has 0 aliphatic heterocycles. The molecular weight excluding hydrogens is 251 g/mol. The Balaban J connectivity index is 2.85. The molecule has 0 aliphatic carbocycles. The van der Waals surface area contributed by atoms with E-state index in [1.54, 1.807) is 12.1 Å². The van der Waals surface area contributed by atoms with Gasteiger partial charge in [0.25, 0.3) is 0 Å². The number of rotatable bonds is 6. The second kappa shape index (κ2) is 6.97. The van der Waals surface area contributed by atoms with Crippen molar-refractivity contribution in [3.05, 3.63) is 27.7 Å². The van der Waals surface area contributed by atoms with E-state index in [0.29, 0.717) is 28.8 Å². The van der Waals surface area contributed by atoms with Crippen LogP contribution in [-0.2, 0) is 11.2 Å². The van der Waals surface area contributed by atoms with Gasteiger partial charge in [0.1, 0.15) is 5.75 Å². The Kier molecular flexibility index (Phi) is 5.91. The van der Waals surface area contributed by atoms with Crippen LogP contribution in [0.5, 0.6) is 5.75 Å². The molecule has 0 fully saturated rings. The van der Waals surface area contributed by atoms with E-state index in [1.165, 1.54) is 0 Å². The van der Waals surface area contributed by atoms with Crippen molar-refractivity contribution in [1.82, 2.24) is 0 Å². The Hall–Kier alpha value is -0.480. The molecule has 0 saturated carbocycles. The van der Waals surface area contributed by atoms with E-state index in [4.69, 9.17) is 37.8 Å². The minimum Gasteiger partial charge on any atom is -0.466 e. The van der Waals surface area contributed by atoms with E-state index in [1.807, 2.05) is 6.92 Å². The van der Waals surface area contributed by atoms with Gasteiger partial charge in [0.05, 0.1) is 5.02 Å². The van der Waals surface area contributed by atoms with Crippen LogP contribution in [0.25, 0.3) is 0 Å². The first-order valence-electron chi connectivity index (χ1n) is 4.98. The van der Waals surface area contributed by atoms with E-state index in [0.717, 1.165) is 5.56 Å². The van der Waals surface area contributed by atoms with Crippen molar-refractivity contribution in [3.8, 4) is 5.75 Å². The SMILES string of the molecule is CCOCOc1c(Cl)cc(Cl)cc1CCO. The molecule has 0 bridgehead atoms. The molecule has 90 valence electrons. The Labute approximate surface area is 105 Å². The van der Waals surface area contributed by atoms with Gasteiger partial charge >= 0.3 is 0 Å². The Morgan fingerprint density at radius 3 is 2.69 bits per heavy atom. The lowest BCUT2D eigenvalue weighted by atomic mass is 10.1. The molecule has 1 aromatic carbocycles. The van der Waals surface area contributed by atoms with Crippen LogP contribution in [0.1, 0.15) is 12.5 Å². The first-order chi connectivity index (χ1) is 7.69. The molecule has 0 spiro atoms. The summed E-state index contributed by atoms with van der Waals surface area (Å²) in [6, 6.07) is 3.33. The van der Waals surface area contributed by atoms with E-state index in [2.05, 4.69) is 0 Å². The van der Waals surface area contributed by atoms with Gasteiger partial charge in [-0.25, -0.2) is 0 Å². The molecule has 0 unspecified atom stereocenters. The first kappa shape index (κ1) is 13.6. The lowest BCUT2D eigenvalue weighted by Crippen LogP contribution is -2.05. The lowest BCUT2D eigenvalue weighted by Gasteiger charge is -2.12. The van der Waals surface area contributed by atoms with Gasteiger partial charge < -0.3 is 14.6 Å². The van der Waals surface area contributed by atoms with Crippen LogP contribution < -0.4 is 4.74 Å². The number of halogens is 2. The minimum absolute atomic E-state index is 0.0155. The first-order valence-corrected chi connectivity index (χ1v) is 5.74.